The molecule has 0 saturated carbocycles. The molecule has 0 aliphatic carbocycles. The van der Waals surface area contributed by atoms with Gasteiger partial charge in [0.2, 0.25) is 0 Å². The van der Waals surface area contributed by atoms with Crippen molar-refractivity contribution in [3.8, 4) is 0 Å². The van der Waals surface area contributed by atoms with Crippen molar-refractivity contribution in [3.05, 3.63) is 71.3 Å². The van der Waals surface area contributed by atoms with Crippen molar-refractivity contribution in [1.82, 2.24) is 0 Å². The van der Waals surface area contributed by atoms with Crippen molar-refractivity contribution >= 4 is 45.3 Å². The minimum atomic E-state index is -1.26. The molecule has 0 aliphatic rings. The number of fused-ring (bicyclic) bond motifs is 3. The number of carboxylic acid groups (broad SMARTS) is 2. The number of carboxylic acids is 2. The molecule has 0 fully saturated rings. The third kappa shape index (κ3) is 2.81. The molecular weight excluding hydrogens is 372 g/mol. The summed E-state index contributed by atoms with van der Waals surface area (Å²) in [6.45, 7) is 0. The van der Waals surface area contributed by atoms with E-state index in [0.717, 1.165) is 18.2 Å². The first-order chi connectivity index (χ1) is 13.3. The minimum absolute atomic E-state index is 0.00664. The van der Waals surface area contributed by atoms with Gasteiger partial charge in [0.25, 0.3) is 0 Å². The summed E-state index contributed by atoms with van der Waals surface area (Å²) in [5.74, 6) is -4.07. The number of hydrogen-bond donors (Lipinski definition) is 3. The Kier molecular flexibility index (Phi) is 3.96. The largest absolute Gasteiger partial charge is 0.478 e. The van der Waals surface area contributed by atoms with Crippen LogP contribution in [0, 0.1) is 11.6 Å². The van der Waals surface area contributed by atoms with Gasteiger partial charge in [-0.25, -0.2) is 18.4 Å². The first kappa shape index (κ1) is 17.5. The smallest absolute Gasteiger partial charge is 0.339 e. The molecule has 1 aromatic heterocycles. The molecule has 6 nitrogen and oxygen atoms in total. The summed E-state index contributed by atoms with van der Waals surface area (Å²) >= 11 is 0. The van der Waals surface area contributed by atoms with Gasteiger partial charge in [0.1, 0.15) is 28.3 Å². The molecule has 4 aromatic rings. The maximum absolute atomic E-state index is 13.5. The lowest BCUT2D eigenvalue weighted by Gasteiger charge is -2.09. The highest BCUT2D eigenvalue weighted by Crippen LogP contribution is 2.39. The molecule has 0 unspecified atom stereocenters. The van der Waals surface area contributed by atoms with E-state index >= 15 is 0 Å². The maximum atomic E-state index is 13.5. The number of anilines is 2. The van der Waals surface area contributed by atoms with Gasteiger partial charge in [0, 0.05) is 17.1 Å². The van der Waals surface area contributed by atoms with Crippen LogP contribution in [-0.2, 0) is 0 Å². The van der Waals surface area contributed by atoms with E-state index in [1.54, 1.807) is 6.07 Å². The van der Waals surface area contributed by atoms with E-state index in [1.807, 2.05) is 0 Å². The SMILES string of the molecule is O=C(O)c1cccc2c1oc1c(C(=O)O)ccc(Nc3cc(F)cc(F)c3)c12. The first-order valence-electron chi connectivity index (χ1n) is 8.03. The molecule has 0 aliphatic heterocycles. The number of benzene rings is 3. The molecule has 0 saturated heterocycles. The predicted octanol–water partition coefficient (Wildman–Crippen LogP) is 5.00. The van der Waals surface area contributed by atoms with Crippen molar-refractivity contribution in [2.45, 2.75) is 0 Å². The molecule has 4 rings (SSSR count). The third-order valence-electron chi connectivity index (χ3n) is 4.25. The molecule has 0 bridgehead atoms. The molecule has 28 heavy (non-hydrogen) atoms. The van der Waals surface area contributed by atoms with E-state index in [0.29, 0.717) is 16.5 Å². The summed E-state index contributed by atoms with van der Waals surface area (Å²) in [7, 11) is 0. The van der Waals surface area contributed by atoms with Crippen LogP contribution in [-0.4, -0.2) is 22.2 Å². The lowest BCUT2D eigenvalue weighted by atomic mass is 10.0. The summed E-state index contributed by atoms with van der Waals surface area (Å²) in [6, 6.07) is 9.98. The van der Waals surface area contributed by atoms with Crippen molar-refractivity contribution < 1.29 is 33.0 Å². The van der Waals surface area contributed by atoms with Crippen molar-refractivity contribution in [3.63, 3.8) is 0 Å². The van der Waals surface area contributed by atoms with Gasteiger partial charge in [0.15, 0.2) is 5.58 Å². The van der Waals surface area contributed by atoms with Crippen LogP contribution >= 0.6 is 0 Å². The normalized spacial score (nSPS) is 11.1. The van der Waals surface area contributed by atoms with Crippen LogP contribution in [0.5, 0.6) is 0 Å². The molecule has 0 amide bonds. The molecule has 0 spiro atoms. The van der Waals surface area contributed by atoms with E-state index in [2.05, 4.69) is 5.32 Å². The van der Waals surface area contributed by atoms with E-state index in [-0.39, 0.29) is 28.0 Å². The fraction of sp³-hybridized carbons (Fsp3) is 0. The molecule has 0 atom stereocenters. The van der Waals surface area contributed by atoms with Gasteiger partial charge in [0.05, 0.1) is 11.1 Å². The average Bonchev–Trinajstić information content (AvgIpc) is 3.00. The quantitative estimate of drug-likeness (QED) is 0.458. The number of carbonyl (C=O) groups is 2. The summed E-state index contributed by atoms with van der Waals surface area (Å²) in [5, 5.41) is 22.3. The van der Waals surface area contributed by atoms with Gasteiger partial charge in [-0.2, -0.15) is 0 Å². The molecular formula is C20H11F2NO5. The first-order valence-corrected chi connectivity index (χ1v) is 8.03. The number of hydrogen-bond acceptors (Lipinski definition) is 4. The van der Waals surface area contributed by atoms with Crippen LogP contribution in [0.15, 0.2) is 52.9 Å². The van der Waals surface area contributed by atoms with E-state index < -0.39 is 23.6 Å². The molecule has 3 aromatic carbocycles. The van der Waals surface area contributed by atoms with Gasteiger partial charge in [-0.05, 0) is 30.3 Å². The molecule has 1 heterocycles. The fourth-order valence-corrected chi connectivity index (χ4v) is 3.12. The molecule has 8 heteroatoms. The second-order valence-corrected chi connectivity index (χ2v) is 6.04. The summed E-state index contributed by atoms with van der Waals surface area (Å²) in [4.78, 5) is 23.1. The number of nitrogens with one attached hydrogen (secondary N) is 1. The van der Waals surface area contributed by atoms with Gasteiger partial charge in [-0.1, -0.05) is 12.1 Å². The third-order valence-corrected chi connectivity index (χ3v) is 4.25. The Bertz CT molecular complexity index is 1260. The maximum Gasteiger partial charge on any atom is 0.339 e. The fourth-order valence-electron chi connectivity index (χ4n) is 3.12. The topological polar surface area (TPSA) is 99.8 Å². The zero-order chi connectivity index (χ0) is 20.0. The highest BCUT2D eigenvalue weighted by atomic mass is 19.1. The Hall–Kier alpha value is -3.94. The number of aromatic carboxylic acids is 2. The Morgan fingerprint density at radius 1 is 0.857 bits per heavy atom. The van der Waals surface area contributed by atoms with Crippen LogP contribution in [0.2, 0.25) is 0 Å². The van der Waals surface area contributed by atoms with Crippen molar-refractivity contribution in [2.24, 2.45) is 0 Å². The Balaban J connectivity index is 2.03. The van der Waals surface area contributed by atoms with Gasteiger partial charge >= 0.3 is 11.9 Å². The van der Waals surface area contributed by atoms with E-state index in [4.69, 9.17) is 4.42 Å². The van der Waals surface area contributed by atoms with Crippen molar-refractivity contribution in [1.29, 1.82) is 0 Å². The van der Waals surface area contributed by atoms with Crippen LogP contribution in [0.1, 0.15) is 20.7 Å². The number of para-hydroxylation sites is 1. The lowest BCUT2D eigenvalue weighted by Crippen LogP contribution is -1.99. The van der Waals surface area contributed by atoms with Crippen LogP contribution < -0.4 is 5.32 Å². The Morgan fingerprint density at radius 3 is 2.14 bits per heavy atom. The summed E-state index contributed by atoms with van der Waals surface area (Å²) < 4.78 is 32.6. The monoisotopic (exact) mass is 383 g/mol. The van der Waals surface area contributed by atoms with Crippen LogP contribution in [0.25, 0.3) is 21.9 Å². The Morgan fingerprint density at radius 2 is 1.50 bits per heavy atom. The van der Waals surface area contributed by atoms with E-state index in [1.165, 1.54) is 24.3 Å². The van der Waals surface area contributed by atoms with Gasteiger partial charge in [-0.3, -0.25) is 0 Å². The van der Waals surface area contributed by atoms with E-state index in [9.17, 15) is 28.6 Å². The van der Waals surface area contributed by atoms with Crippen LogP contribution in [0.4, 0.5) is 20.2 Å². The molecule has 0 radical (unpaired) electrons. The zero-order valence-corrected chi connectivity index (χ0v) is 14.0. The van der Waals surface area contributed by atoms with Crippen LogP contribution in [0.3, 0.4) is 0 Å². The standard InChI is InChI=1S/C20H11F2NO5/c21-9-6-10(22)8-11(7-9)23-15-5-4-14(20(26)27)18-16(15)12-2-1-3-13(19(24)25)17(12)28-18/h1-8,23H,(H,24,25)(H,26,27). The van der Waals surface area contributed by atoms with Crippen molar-refractivity contribution in [2.75, 3.05) is 5.32 Å². The predicted molar refractivity (Wildman–Crippen MR) is 97.3 cm³/mol. The molecule has 140 valence electrons. The Labute approximate surface area is 155 Å². The second kappa shape index (κ2) is 6.34. The number of furan rings is 1. The number of halogens is 2. The molecule has 3 N–H and O–H groups in total. The van der Waals surface area contributed by atoms with Gasteiger partial charge in [-0.15, -0.1) is 0 Å². The summed E-state index contributed by atoms with van der Waals surface area (Å²) in [6.07, 6.45) is 0. The highest BCUT2D eigenvalue weighted by molar-refractivity contribution is 6.19. The van der Waals surface area contributed by atoms with Gasteiger partial charge < -0.3 is 19.9 Å². The second-order valence-electron chi connectivity index (χ2n) is 6.04. The zero-order valence-electron chi connectivity index (χ0n) is 14.0. The number of rotatable bonds is 4. The minimum Gasteiger partial charge on any atom is -0.478 e. The lowest BCUT2D eigenvalue weighted by molar-refractivity contribution is 0.0688. The summed E-state index contributed by atoms with van der Waals surface area (Å²) in [5.41, 5.74) is 0.0773. The highest BCUT2D eigenvalue weighted by Gasteiger charge is 2.22. The average molecular weight is 383 g/mol.